The Hall–Kier alpha value is -1.52. The summed E-state index contributed by atoms with van der Waals surface area (Å²) in [5.41, 5.74) is 3.12. The summed E-state index contributed by atoms with van der Waals surface area (Å²) in [6.07, 6.45) is 0.512. The third-order valence-electron chi connectivity index (χ3n) is 3.19. The summed E-state index contributed by atoms with van der Waals surface area (Å²) in [7, 11) is 0. The largest absolute Gasteiger partial charge is 0.486 e. The van der Waals surface area contributed by atoms with Crippen molar-refractivity contribution in [3.8, 4) is 5.75 Å². The minimum absolute atomic E-state index is 0.0757. The molecule has 2 aromatic carbocycles. The van der Waals surface area contributed by atoms with Gasteiger partial charge in [0, 0.05) is 6.42 Å². The Morgan fingerprint density at radius 3 is 2.50 bits per heavy atom. The molecule has 3 nitrogen and oxygen atoms in total. The average Bonchev–Trinajstić information content (AvgIpc) is 2.46. The Balaban J connectivity index is 2.07. The van der Waals surface area contributed by atoms with E-state index < -0.39 is 5.97 Å². The van der Waals surface area contributed by atoms with Crippen LogP contribution >= 0.6 is 27.5 Å². The van der Waals surface area contributed by atoms with Crippen LogP contribution in [-0.2, 0) is 17.8 Å². The quantitative estimate of drug-likeness (QED) is 0.763. The van der Waals surface area contributed by atoms with Gasteiger partial charge in [-0.15, -0.1) is 0 Å². The highest BCUT2D eigenvalue weighted by molar-refractivity contribution is 9.10. The highest BCUT2D eigenvalue weighted by Crippen LogP contribution is 2.35. The molecule has 0 aliphatic rings. The lowest BCUT2D eigenvalue weighted by Crippen LogP contribution is -2.00. The fourth-order valence-corrected chi connectivity index (χ4v) is 3.02. The van der Waals surface area contributed by atoms with Crippen LogP contribution in [0.5, 0.6) is 5.75 Å². The summed E-state index contributed by atoms with van der Waals surface area (Å²) in [6, 6.07) is 11.7. The Morgan fingerprint density at radius 2 is 1.91 bits per heavy atom. The van der Waals surface area contributed by atoms with Gasteiger partial charge < -0.3 is 9.84 Å². The number of carbonyl (C=O) groups is 1. The second-order valence-corrected chi connectivity index (χ2v) is 6.32. The Labute approximate surface area is 143 Å². The van der Waals surface area contributed by atoms with Crippen LogP contribution in [0.2, 0.25) is 5.02 Å². The van der Waals surface area contributed by atoms with Crippen molar-refractivity contribution in [3.05, 3.63) is 62.6 Å². The number of halogens is 2. The van der Waals surface area contributed by atoms with E-state index in [9.17, 15) is 4.79 Å². The lowest BCUT2D eigenvalue weighted by molar-refractivity contribution is -0.136. The van der Waals surface area contributed by atoms with Crippen molar-refractivity contribution in [1.29, 1.82) is 0 Å². The van der Waals surface area contributed by atoms with Crippen LogP contribution < -0.4 is 4.74 Å². The van der Waals surface area contributed by atoms with E-state index in [2.05, 4.69) is 15.9 Å². The van der Waals surface area contributed by atoms with Crippen molar-refractivity contribution in [2.75, 3.05) is 0 Å². The average molecular weight is 384 g/mol. The zero-order valence-electron chi connectivity index (χ0n) is 12.1. The highest BCUT2D eigenvalue weighted by Gasteiger charge is 2.10. The molecule has 2 rings (SSSR count). The highest BCUT2D eigenvalue weighted by atomic mass is 79.9. The maximum Gasteiger partial charge on any atom is 0.303 e. The van der Waals surface area contributed by atoms with Gasteiger partial charge in [0.15, 0.2) is 5.75 Å². The third-order valence-corrected chi connectivity index (χ3v) is 4.06. The minimum Gasteiger partial charge on any atom is -0.486 e. The predicted molar refractivity (Wildman–Crippen MR) is 90.6 cm³/mol. The maximum absolute atomic E-state index is 10.6. The number of carboxylic acids is 1. The Kier molecular flexibility index (Phi) is 5.86. The maximum atomic E-state index is 10.6. The minimum atomic E-state index is -0.827. The van der Waals surface area contributed by atoms with E-state index in [0.29, 0.717) is 23.8 Å². The number of rotatable bonds is 6. The summed E-state index contributed by atoms with van der Waals surface area (Å²) in [4.78, 5) is 10.6. The van der Waals surface area contributed by atoms with Gasteiger partial charge in [0.25, 0.3) is 0 Å². The molecule has 0 unspecified atom stereocenters. The Morgan fingerprint density at radius 1 is 1.23 bits per heavy atom. The molecule has 0 saturated carbocycles. The topological polar surface area (TPSA) is 46.5 Å². The van der Waals surface area contributed by atoms with Gasteiger partial charge in [-0.1, -0.05) is 41.4 Å². The van der Waals surface area contributed by atoms with Gasteiger partial charge in [0.05, 0.1) is 9.50 Å². The summed E-state index contributed by atoms with van der Waals surface area (Å²) in [6.45, 7) is 2.46. The first-order chi connectivity index (χ1) is 10.5. The molecular formula is C17H16BrClO3. The lowest BCUT2D eigenvalue weighted by atomic mass is 10.1. The fraction of sp³-hybridized carbons (Fsp3) is 0.235. The predicted octanol–water partition coefficient (Wildman–Crippen LogP) is 5.01. The monoisotopic (exact) mass is 382 g/mol. The van der Waals surface area contributed by atoms with E-state index in [4.69, 9.17) is 21.4 Å². The molecule has 0 saturated heterocycles. The molecule has 1 N–H and O–H groups in total. The van der Waals surface area contributed by atoms with Crippen LogP contribution in [-0.4, -0.2) is 11.1 Å². The molecule has 22 heavy (non-hydrogen) atoms. The van der Waals surface area contributed by atoms with Gasteiger partial charge in [-0.2, -0.15) is 0 Å². The van der Waals surface area contributed by atoms with Crippen LogP contribution in [0.25, 0.3) is 0 Å². The molecule has 0 atom stereocenters. The summed E-state index contributed by atoms with van der Waals surface area (Å²) >= 11 is 9.67. The zero-order valence-corrected chi connectivity index (χ0v) is 14.4. The van der Waals surface area contributed by atoms with E-state index >= 15 is 0 Å². The molecule has 0 aromatic heterocycles. The standard InChI is InChI=1S/C17H16BrClO3/c1-11-2-4-12(5-3-11)10-22-17-14(18)8-13(9-15(17)19)6-7-16(20)21/h2-5,8-9H,6-7,10H2,1H3,(H,20,21). The first-order valence-corrected chi connectivity index (χ1v) is 8.01. The molecule has 116 valence electrons. The number of benzene rings is 2. The van der Waals surface area contributed by atoms with Gasteiger partial charge in [0.2, 0.25) is 0 Å². The number of ether oxygens (including phenoxy) is 1. The number of aliphatic carboxylic acids is 1. The summed E-state index contributed by atoms with van der Waals surface area (Å²) in [5, 5.41) is 9.20. The summed E-state index contributed by atoms with van der Waals surface area (Å²) in [5.74, 6) is -0.256. The van der Waals surface area contributed by atoms with Crippen molar-refractivity contribution < 1.29 is 14.6 Å². The second-order valence-electron chi connectivity index (χ2n) is 5.06. The first kappa shape index (κ1) is 16.8. The van der Waals surface area contributed by atoms with Gasteiger partial charge in [-0.25, -0.2) is 0 Å². The SMILES string of the molecule is Cc1ccc(COc2c(Cl)cc(CCC(=O)O)cc2Br)cc1. The van der Waals surface area contributed by atoms with E-state index in [1.54, 1.807) is 6.07 Å². The molecule has 2 aromatic rings. The van der Waals surface area contributed by atoms with E-state index in [0.717, 1.165) is 15.6 Å². The van der Waals surface area contributed by atoms with Crippen molar-refractivity contribution in [2.45, 2.75) is 26.4 Å². The van der Waals surface area contributed by atoms with Crippen LogP contribution in [0.4, 0.5) is 0 Å². The summed E-state index contributed by atoms with van der Waals surface area (Å²) < 4.78 is 6.51. The molecule has 0 aliphatic heterocycles. The van der Waals surface area contributed by atoms with Crippen LogP contribution in [0.15, 0.2) is 40.9 Å². The van der Waals surface area contributed by atoms with Crippen molar-refractivity contribution in [2.24, 2.45) is 0 Å². The van der Waals surface area contributed by atoms with Gasteiger partial charge in [-0.05, 0) is 52.5 Å². The smallest absolute Gasteiger partial charge is 0.303 e. The molecule has 0 radical (unpaired) electrons. The molecule has 0 aliphatic carbocycles. The number of carboxylic acid groups (broad SMARTS) is 1. The first-order valence-electron chi connectivity index (χ1n) is 6.84. The zero-order chi connectivity index (χ0) is 16.1. The molecule has 0 heterocycles. The number of hydrogen-bond acceptors (Lipinski definition) is 2. The Bertz CT molecular complexity index is 645. The van der Waals surface area contributed by atoms with E-state index in [1.165, 1.54) is 5.56 Å². The molecule has 0 fully saturated rings. The van der Waals surface area contributed by atoms with Gasteiger partial charge in [-0.3, -0.25) is 4.79 Å². The third kappa shape index (κ3) is 4.75. The molecule has 0 bridgehead atoms. The molecule has 5 heteroatoms. The van der Waals surface area contributed by atoms with Crippen molar-refractivity contribution >= 4 is 33.5 Å². The molecule has 0 amide bonds. The van der Waals surface area contributed by atoms with Crippen LogP contribution in [0, 0.1) is 6.92 Å². The van der Waals surface area contributed by atoms with Gasteiger partial charge >= 0.3 is 5.97 Å². The van der Waals surface area contributed by atoms with E-state index in [1.807, 2.05) is 37.3 Å². The molecular weight excluding hydrogens is 368 g/mol. The second kappa shape index (κ2) is 7.65. The van der Waals surface area contributed by atoms with Crippen molar-refractivity contribution in [1.82, 2.24) is 0 Å². The normalized spacial score (nSPS) is 10.5. The fourth-order valence-electron chi connectivity index (χ4n) is 1.99. The lowest BCUT2D eigenvalue weighted by Gasteiger charge is -2.12. The molecule has 0 spiro atoms. The van der Waals surface area contributed by atoms with E-state index in [-0.39, 0.29) is 6.42 Å². The van der Waals surface area contributed by atoms with Crippen LogP contribution in [0.3, 0.4) is 0 Å². The van der Waals surface area contributed by atoms with Crippen molar-refractivity contribution in [3.63, 3.8) is 0 Å². The number of hydrogen-bond donors (Lipinski definition) is 1. The van der Waals surface area contributed by atoms with Gasteiger partial charge in [0.1, 0.15) is 6.61 Å². The van der Waals surface area contributed by atoms with Crippen LogP contribution in [0.1, 0.15) is 23.1 Å². The number of aryl methyl sites for hydroxylation is 2.